The van der Waals surface area contributed by atoms with Crippen LogP contribution in [0, 0.1) is 0 Å². The minimum Gasteiger partial charge on any atom is -0.456 e. The fourth-order valence-electron chi connectivity index (χ4n) is 8.03. The van der Waals surface area contributed by atoms with Gasteiger partial charge in [-0.15, -0.1) is 0 Å². The maximum Gasteiger partial charge on any atom is 0.164 e. The Hall–Kier alpha value is -7.83. The van der Waals surface area contributed by atoms with Crippen LogP contribution in [0.25, 0.3) is 83.6 Å². The molecule has 0 saturated heterocycles. The summed E-state index contributed by atoms with van der Waals surface area (Å²) < 4.78 is 9.03. The number of hydrogen-bond acceptors (Lipinski definition) is 5. The summed E-state index contributed by atoms with van der Waals surface area (Å²) in [6, 6.07) is 69.2. The molecule has 0 bridgehead atoms. The van der Waals surface area contributed by atoms with Crippen molar-refractivity contribution in [2.75, 3.05) is 4.90 Å². The highest BCUT2D eigenvalue weighted by Gasteiger charge is 2.22. The Balaban J connectivity index is 1.08. The number of nitrogens with zero attached hydrogens (tertiary/aromatic N) is 5. The lowest BCUT2D eigenvalue weighted by Gasteiger charge is -2.26. The van der Waals surface area contributed by atoms with E-state index < -0.39 is 0 Å². The van der Waals surface area contributed by atoms with Crippen LogP contribution in [-0.2, 0) is 0 Å². The van der Waals surface area contributed by atoms with Crippen LogP contribution in [0.5, 0.6) is 0 Å². The topological polar surface area (TPSA) is 60.0 Å². The molecule has 57 heavy (non-hydrogen) atoms. The van der Waals surface area contributed by atoms with E-state index in [2.05, 4.69) is 143 Å². The maximum absolute atomic E-state index is 6.69. The molecule has 6 nitrogen and oxygen atoms in total. The quantitative estimate of drug-likeness (QED) is 0.163. The lowest BCUT2D eigenvalue weighted by molar-refractivity contribution is 0.669. The van der Waals surface area contributed by atoms with Gasteiger partial charge >= 0.3 is 0 Å². The molecule has 0 unspecified atom stereocenters. The summed E-state index contributed by atoms with van der Waals surface area (Å²) in [5, 5.41) is 4.42. The number of anilines is 3. The second kappa shape index (κ2) is 13.5. The van der Waals surface area contributed by atoms with E-state index in [0.29, 0.717) is 17.5 Å². The van der Waals surface area contributed by atoms with Crippen LogP contribution in [0.15, 0.2) is 205 Å². The summed E-state index contributed by atoms with van der Waals surface area (Å²) in [7, 11) is 0. The van der Waals surface area contributed by atoms with E-state index in [-0.39, 0.29) is 0 Å². The van der Waals surface area contributed by atoms with Gasteiger partial charge in [0.05, 0.1) is 22.1 Å². The minimum absolute atomic E-state index is 0.583. The molecule has 0 amide bonds. The molecular weight excluding hydrogens is 699 g/mol. The zero-order valence-corrected chi connectivity index (χ0v) is 30.7. The summed E-state index contributed by atoms with van der Waals surface area (Å²) >= 11 is 0. The van der Waals surface area contributed by atoms with E-state index in [1.54, 1.807) is 0 Å². The van der Waals surface area contributed by atoms with E-state index >= 15 is 0 Å². The largest absolute Gasteiger partial charge is 0.456 e. The molecule has 0 aliphatic carbocycles. The van der Waals surface area contributed by atoms with Crippen molar-refractivity contribution in [3.8, 4) is 39.9 Å². The van der Waals surface area contributed by atoms with Gasteiger partial charge in [0.1, 0.15) is 11.2 Å². The average Bonchev–Trinajstić information content (AvgIpc) is 3.83. The molecule has 11 rings (SSSR count). The van der Waals surface area contributed by atoms with Crippen LogP contribution in [0.2, 0.25) is 0 Å². The number of para-hydroxylation sites is 3. The van der Waals surface area contributed by atoms with E-state index in [0.717, 1.165) is 66.9 Å². The van der Waals surface area contributed by atoms with Gasteiger partial charge in [0.2, 0.25) is 0 Å². The summed E-state index contributed by atoms with van der Waals surface area (Å²) in [5.74, 6) is 1.82. The van der Waals surface area contributed by atoms with Gasteiger partial charge in [-0.2, -0.15) is 0 Å². The molecule has 0 radical (unpaired) electrons. The van der Waals surface area contributed by atoms with Gasteiger partial charge in [-0.25, -0.2) is 15.0 Å². The molecule has 3 aromatic heterocycles. The predicted octanol–water partition coefficient (Wildman–Crippen LogP) is 13.3. The predicted molar refractivity (Wildman–Crippen MR) is 232 cm³/mol. The first kappa shape index (κ1) is 32.6. The van der Waals surface area contributed by atoms with Crippen LogP contribution in [-0.4, -0.2) is 19.5 Å². The van der Waals surface area contributed by atoms with Crippen molar-refractivity contribution < 1.29 is 4.42 Å². The first-order chi connectivity index (χ1) is 28.3. The fraction of sp³-hybridized carbons (Fsp3) is 0. The highest BCUT2D eigenvalue weighted by Crippen LogP contribution is 2.45. The lowest BCUT2D eigenvalue weighted by Crippen LogP contribution is -2.10. The van der Waals surface area contributed by atoms with Crippen molar-refractivity contribution in [2.24, 2.45) is 0 Å². The van der Waals surface area contributed by atoms with Crippen LogP contribution in [0.4, 0.5) is 17.1 Å². The van der Waals surface area contributed by atoms with Gasteiger partial charge < -0.3 is 13.9 Å². The first-order valence-electron chi connectivity index (χ1n) is 19.0. The summed E-state index contributed by atoms with van der Waals surface area (Å²) in [5.41, 5.74) is 10.8. The minimum atomic E-state index is 0.583. The summed E-state index contributed by atoms with van der Waals surface area (Å²) in [4.78, 5) is 17.2. The molecule has 0 aliphatic rings. The van der Waals surface area contributed by atoms with Crippen molar-refractivity contribution in [2.45, 2.75) is 0 Å². The molecule has 0 atom stereocenters. The Bertz CT molecular complexity index is 3170. The zero-order chi connectivity index (χ0) is 37.7. The van der Waals surface area contributed by atoms with Crippen molar-refractivity contribution in [1.82, 2.24) is 19.5 Å². The monoisotopic (exact) mass is 731 g/mol. The van der Waals surface area contributed by atoms with Crippen molar-refractivity contribution in [3.63, 3.8) is 0 Å². The van der Waals surface area contributed by atoms with Crippen LogP contribution < -0.4 is 4.90 Å². The third kappa shape index (κ3) is 5.62. The third-order valence-electron chi connectivity index (χ3n) is 10.6. The molecule has 3 heterocycles. The third-order valence-corrected chi connectivity index (χ3v) is 10.6. The summed E-state index contributed by atoms with van der Waals surface area (Å²) in [6.45, 7) is 0. The molecule has 0 aliphatic heterocycles. The Kier molecular flexibility index (Phi) is 7.71. The van der Waals surface area contributed by atoms with Gasteiger partial charge in [-0.1, -0.05) is 127 Å². The number of furan rings is 1. The highest BCUT2D eigenvalue weighted by atomic mass is 16.3. The number of benzene rings is 8. The van der Waals surface area contributed by atoms with Crippen LogP contribution in [0.1, 0.15) is 0 Å². The molecule has 0 N–H and O–H groups in total. The van der Waals surface area contributed by atoms with E-state index in [9.17, 15) is 0 Å². The standard InChI is InChI=1S/C51H33N5O/c1-5-16-34(17-6-1)49-52-50(35-18-7-2-8-19-35)54-51(53-49)36-28-30-41-47(32-36)57-46-27-15-26-45(48(41)46)55(37-20-9-3-10-21-37)39-29-31-44-42(33-39)40-24-13-14-25-43(40)56(44)38-22-11-4-12-23-38/h1-33H. The summed E-state index contributed by atoms with van der Waals surface area (Å²) in [6.07, 6.45) is 0. The van der Waals surface area contributed by atoms with Crippen LogP contribution >= 0.6 is 0 Å². The van der Waals surface area contributed by atoms with E-state index in [1.165, 1.54) is 16.3 Å². The van der Waals surface area contributed by atoms with Gasteiger partial charge in [0, 0.05) is 49.9 Å². The average molecular weight is 732 g/mol. The second-order valence-corrected chi connectivity index (χ2v) is 14.1. The molecule has 11 aromatic rings. The van der Waals surface area contributed by atoms with E-state index in [1.807, 2.05) is 66.7 Å². The molecular formula is C51H33N5O. The maximum atomic E-state index is 6.69. The first-order valence-corrected chi connectivity index (χ1v) is 19.0. The number of rotatable bonds is 7. The normalized spacial score (nSPS) is 11.5. The number of aromatic nitrogens is 4. The van der Waals surface area contributed by atoms with Gasteiger partial charge in [0.25, 0.3) is 0 Å². The second-order valence-electron chi connectivity index (χ2n) is 14.1. The SMILES string of the molecule is c1ccc(-c2nc(-c3ccccc3)nc(-c3ccc4c(c3)oc3cccc(N(c5ccccc5)c5ccc6c(c5)c5ccccc5n6-c5ccccc5)c34)n2)cc1. The van der Waals surface area contributed by atoms with Crippen LogP contribution in [0.3, 0.4) is 0 Å². The lowest BCUT2D eigenvalue weighted by atomic mass is 10.1. The number of hydrogen-bond donors (Lipinski definition) is 0. The molecule has 8 aromatic carbocycles. The Morgan fingerprint density at radius 1 is 0.386 bits per heavy atom. The van der Waals surface area contributed by atoms with Crippen molar-refractivity contribution >= 4 is 60.8 Å². The molecule has 0 spiro atoms. The van der Waals surface area contributed by atoms with Gasteiger partial charge in [-0.3, -0.25) is 0 Å². The zero-order valence-electron chi connectivity index (χ0n) is 30.7. The fourth-order valence-corrected chi connectivity index (χ4v) is 8.03. The Morgan fingerprint density at radius 2 is 0.982 bits per heavy atom. The molecule has 268 valence electrons. The highest BCUT2D eigenvalue weighted by molar-refractivity contribution is 6.15. The van der Waals surface area contributed by atoms with Gasteiger partial charge in [-0.05, 0) is 72.8 Å². The van der Waals surface area contributed by atoms with Gasteiger partial charge in [0.15, 0.2) is 17.5 Å². The molecule has 0 saturated carbocycles. The molecule has 6 heteroatoms. The Labute approximate surface area is 328 Å². The van der Waals surface area contributed by atoms with Crippen molar-refractivity contribution in [3.05, 3.63) is 200 Å². The number of fused-ring (bicyclic) bond motifs is 6. The Morgan fingerprint density at radius 3 is 1.68 bits per heavy atom. The smallest absolute Gasteiger partial charge is 0.164 e. The van der Waals surface area contributed by atoms with Crippen molar-refractivity contribution in [1.29, 1.82) is 0 Å². The van der Waals surface area contributed by atoms with E-state index in [4.69, 9.17) is 19.4 Å². The molecule has 0 fully saturated rings.